The molecule has 0 unspecified atom stereocenters. The first-order chi connectivity index (χ1) is 13.6. The zero-order chi connectivity index (χ0) is 19.7. The summed E-state index contributed by atoms with van der Waals surface area (Å²) in [6.45, 7) is 8.05. The molecule has 0 aliphatic carbocycles. The van der Waals surface area contributed by atoms with E-state index >= 15 is 0 Å². The van der Waals surface area contributed by atoms with E-state index in [-0.39, 0.29) is 5.56 Å². The summed E-state index contributed by atoms with van der Waals surface area (Å²) in [6.07, 6.45) is 0.696. The molecule has 4 rings (SSSR count). The van der Waals surface area contributed by atoms with Gasteiger partial charge in [0.1, 0.15) is 0 Å². The van der Waals surface area contributed by atoms with E-state index in [1.54, 1.807) is 0 Å². The third-order valence-electron chi connectivity index (χ3n) is 5.32. The number of fused-ring (bicyclic) bond motifs is 1. The Balaban J connectivity index is 1.79. The fourth-order valence-corrected chi connectivity index (χ4v) is 3.80. The fourth-order valence-electron chi connectivity index (χ4n) is 3.80. The predicted molar refractivity (Wildman–Crippen MR) is 113 cm³/mol. The number of hydrogen-bond acceptors (Lipinski definition) is 4. The van der Waals surface area contributed by atoms with Gasteiger partial charge < -0.3 is 0 Å². The van der Waals surface area contributed by atoms with Crippen LogP contribution in [0.5, 0.6) is 0 Å². The smallest absolute Gasteiger partial charge is 0.259 e. The molecule has 2 aromatic carbocycles. The van der Waals surface area contributed by atoms with Crippen LogP contribution in [0.25, 0.3) is 0 Å². The van der Waals surface area contributed by atoms with Crippen LogP contribution in [0.4, 0.5) is 11.6 Å². The lowest BCUT2D eigenvalue weighted by atomic mass is 10.1. The number of anilines is 2. The van der Waals surface area contributed by atoms with Crippen LogP contribution in [-0.4, -0.2) is 21.1 Å². The van der Waals surface area contributed by atoms with Crippen molar-refractivity contribution in [1.29, 1.82) is 0 Å². The minimum atomic E-state index is 0.0693. The quantitative estimate of drug-likeness (QED) is 0.692. The summed E-state index contributed by atoms with van der Waals surface area (Å²) < 4.78 is 1.82. The van der Waals surface area contributed by atoms with E-state index in [9.17, 15) is 4.79 Å². The molecule has 0 fully saturated rings. The zero-order valence-corrected chi connectivity index (χ0v) is 16.7. The molecule has 3 aromatic rings. The SMILES string of the molecule is CCc1c(C)nc2n(c1=O)CN(Cc1ccccc1)CN2c1ccc(C)cc1. The Morgan fingerprint density at radius 3 is 2.36 bits per heavy atom. The highest BCUT2D eigenvalue weighted by Gasteiger charge is 2.27. The van der Waals surface area contributed by atoms with Gasteiger partial charge in [-0.05, 0) is 38.0 Å². The zero-order valence-electron chi connectivity index (χ0n) is 16.7. The lowest BCUT2D eigenvalue weighted by Crippen LogP contribution is -2.47. The Bertz CT molecular complexity index is 1020. The second-order valence-electron chi connectivity index (χ2n) is 7.42. The van der Waals surface area contributed by atoms with Gasteiger partial charge in [0, 0.05) is 23.5 Å². The molecule has 1 aliphatic rings. The van der Waals surface area contributed by atoms with Crippen molar-refractivity contribution in [2.24, 2.45) is 0 Å². The number of aromatic nitrogens is 2. The lowest BCUT2D eigenvalue weighted by molar-refractivity contribution is 0.189. The molecule has 5 nitrogen and oxygen atoms in total. The van der Waals surface area contributed by atoms with Crippen molar-refractivity contribution in [3.05, 3.63) is 87.3 Å². The second-order valence-corrected chi connectivity index (χ2v) is 7.42. The molecule has 144 valence electrons. The number of hydrogen-bond donors (Lipinski definition) is 0. The highest BCUT2D eigenvalue weighted by molar-refractivity contribution is 5.58. The van der Waals surface area contributed by atoms with Gasteiger partial charge in [-0.25, -0.2) is 4.98 Å². The highest BCUT2D eigenvalue weighted by Crippen LogP contribution is 2.28. The van der Waals surface area contributed by atoms with E-state index < -0.39 is 0 Å². The Morgan fingerprint density at radius 2 is 1.68 bits per heavy atom. The number of nitrogens with zero attached hydrogens (tertiary/aromatic N) is 4. The average Bonchev–Trinajstić information content (AvgIpc) is 2.70. The Hall–Kier alpha value is -2.92. The molecule has 2 heterocycles. The molecule has 28 heavy (non-hydrogen) atoms. The van der Waals surface area contributed by atoms with Crippen molar-refractivity contribution in [2.45, 2.75) is 40.4 Å². The highest BCUT2D eigenvalue weighted by atomic mass is 16.1. The summed E-state index contributed by atoms with van der Waals surface area (Å²) in [7, 11) is 0. The Labute approximate surface area is 165 Å². The summed E-state index contributed by atoms with van der Waals surface area (Å²) in [5, 5.41) is 0. The molecule has 1 aliphatic heterocycles. The number of rotatable bonds is 4. The second kappa shape index (κ2) is 7.60. The van der Waals surface area contributed by atoms with Gasteiger partial charge in [0.05, 0.1) is 13.3 Å². The third kappa shape index (κ3) is 3.45. The Kier molecular flexibility index (Phi) is 5.01. The maximum absolute atomic E-state index is 13.2. The topological polar surface area (TPSA) is 41.4 Å². The van der Waals surface area contributed by atoms with Gasteiger partial charge in [-0.3, -0.25) is 19.2 Å². The van der Waals surface area contributed by atoms with Crippen molar-refractivity contribution in [3.8, 4) is 0 Å². The summed E-state index contributed by atoms with van der Waals surface area (Å²) in [5.74, 6) is 0.730. The van der Waals surface area contributed by atoms with Crippen LogP contribution in [0.3, 0.4) is 0 Å². The third-order valence-corrected chi connectivity index (χ3v) is 5.32. The van der Waals surface area contributed by atoms with E-state index in [1.165, 1.54) is 11.1 Å². The van der Waals surface area contributed by atoms with E-state index in [0.717, 1.165) is 29.4 Å². The Morgan fingerprint density at radius 1 is 0.964 bits per heavy atom. The van der Waals surface area contributed by atoms with Crippen LogP contribution in [0.15, 0.2) is 59.4 Å². The first kappa shape index (κ1) is 18.4. The van der Waals surface area contributed by atoms with Crippen LogP contribution in [0.1, 0.15) is 29.3 Å². The van der Waals surface area contributed by atoms with Crippen LogP contribution in [0, 0.1) is 13.8 Å². The van der Waals surface area contributed by atoms with Gasteiger partial charge in [-0.2, -0.15) is 0 Å². The minimum absolute atomic E-state index is 0.0693. The van der Waals surface area contributed by atoms with Crippen molar-refractivity contribution >= 4 is 11.6 Å². The summed E-state index contributed by atoms with van der Waals surface area (Å²) in [4.78, 5) is 22.4. The molecule has 0 radical (unpaired) electrons. The molecule has 0 spiro atoms. The molecular weight excluding hydrogens is 348 g/mol. The standard InChI is InChI=1S/C23H26N4O/c1-4-21-18(3)24-23-26(20-12-10-17(2)11-13-20)15-25(16-27(23)22(21)28)14-19-8-6-5-7-9-19/h5-13H,4,14-16H2,1-3H3. The first-order valence-electron chi connectivity index (χ1n) is 9.77. The summed E-state index contributed by atoms with van der Waals surface area (Å²) >= 11 is 0. The maximum Gasteiger partial charge on any atom is 0.259 e. The largest absolute Gasteiger partial charge is 0.298 e. The maximum atomic E-state index is 13.2. The van der Waals surface area contributed by atoms with Gasteiger partial charge in [-0.1, -0.05) is 55.0 Å². The van der Waals surface area contributed by atoms with Gasteiger partial charge in [0.2, 0.25) is 5.95 Å². The molecule has 5 heteroatoms. The van der Waals surface area contributed by atoms with Gasteiger partial charge >= 0.3 is 0 Å². The molecule has 0 atom stereocenters. The monoisotopic (exact) mass is 374 g/mol. The molecule has 1 aromatic heterocycles. The molecule has 0 saturated heterocycles. The van der Waals surface area contributed by atoms with Crippen molar-refractivity contribution in [2.75, 3.05) is 11.6 Å². The van der Waals surface area contributed by atoms with Gasteiger partial charge in [0.25, 0.3) is 5.56 Å². The minimum Gasteiger partial charge on any atom is -0.298 e. The molecule has 0 N–H and O–H groups in total. The van der Waals surface area contributed by atoms with Crippen molar-refractivity contribution in [3.63, 3.8) is 0 Å². The van der Waals surface area contributed by atoms with Gasteiger partial charge in [-0.15, -0.1) is 0 Å². The molecule has 0 amide bonds. The van der Waals surface area contributed by atoms with Crippen molar-refractivity contribution < 1.29 is 0 Å². The van der Waals surface area contributed by atoms with Crippen LogP contribution in [-0.2, 0) is 19.6 Å². The number of aryl methyl sites for hydroxylation is 2. The van der Waals surface area contributed by atoms with E-state index in [2.05, 4.69) is 65.3 Å². The molecule has 0 bridgehead atoms. The normalized spacial score (nSPS) is 14.2. The van der Waals surface area contributed by atoms with E-state index in [4.69, 9.17) is 4.98 Å². The first-order valence-corrected chi connectivity index (χ1v) is 9.77. The van der Waals surface area contributed by atoms with Crippen LogP contribution >= 0.6 is 0 Å². The number of benzene rings is 2. The van der Waals surface area contributed by atoms with E-state index in [0.29, 0.717) is 19.8 Å². The van der Waals surface area contributed by atoms with Crippen LogP contribution < -0.4 is 10.5 Å². The van der Waals surface area contributed by atoms with Gasteiger partial charge in [0.15, 0.2) is 0 Å². The fraction of sp³-hybridized carbons (Fsp3) is 0.304. The van der Waals surface area contributed by atoms with Crippen molar-refractivity contribution in [1.82, 2.24) is 14.5 Å². The summed E-state index contributed by atoms with van der Waals surface area (Å²) in [5.41, 5.74) is 5.19. The lowest BCUT2D eigenvalue weighted by Gasteiger charge is -2.38. The van der Waals surface area contributed by atoms with Crippen LogP contribution in [0.2, 0.25) is 0 Å². The average molecular weight is 374 g/mol. The summed E-state index contributed by atoms with van der Waals surface area (Å²) in [6, 6.07) is 18.8. The predicted octanol–water partition coefficient (Wildman–Crippen LogP) is 3.99. The molecule has 0 saturated carbocycles. The molecular formula is C23H26N4O. The van der Waals surface area contributed by atoms with E-state index in [1.807, 2.05) is 24.5 Å².